The van der Waals surface area contributed by atoms with Crippen LogP contribution >= 0.6 is 12.2 Å². The molecule has 0 aliphatic rings. The number of hydrogen-bond donors (Lipinski definition) is 2. The van der Waals surface area contributed by atoms with E-state index in [0.717, 1.165) is 11.3 Å². The van der Waals surface area contributed by atoms with Gasteiger partial charge in [-0.15, -0.1) is 0 Å². The third-order valence-corrected chi connectivity index (χ3v) is 3.16. The number of rotatable bonds is 6. The largest absolute Gasteiger partial charge is 0.496 e. The lowest BCUT2D eigenvalue weighted by molar-refractivity contribution is -0.124. The minimum Gasteiger partial charge on any atom is -0.496 e. The zero-order chi connectivity index (χ0) is 14.4. The van der Waals surface area contributed by atoms with Crippen LogP contribution in [0.4, 0.5) is 0 Å². The summed E-state index contributed by atoms with van der Waals surface area (Å²) in [5, 5.41) is 2.85. The van der Waals surface area contributed by atoms with Crippen LogP contribution in [0.3, 0.4) is 0 Å². The Hall–Kier alpha value is -1.62. The number of methoxy groups -OCH3 is 1. The van der Waals surface area contributed by atoms with E-state index in [1.165, 1.54) is 0 Å². The van der Waals surface area contributed by atoms with Crippen molar-refractivity contribution in [3.63, 3.8) is 0 Å². The first-order valence-electron chi connectivity index (χ1n) is 6.16. The summed E-state index contributed by atoms with van der Waals surface area (Å²) in [7, 11) is 1.60. The van der Waals surface area contributed by atoms with Gasteiger partial charge in [0.2, 0.25) is 5.91 Å². The van der Waals surface area contributed by atoms with Gasteiger partial charge in [-0.3, -0.25) is 4.79 Å². The molecule has 0 aliphatic carbocycles. The first-order chi connectivity index (χ1) is 8.97. The lowest BCUT2D eigenvalue weighted by Crippen LogP contribution is -2.40. The molecule has 0 aromatic heterocycles. The highest BCUT2D eigenvalue weighted by Crippen LogP contribution is 2.17. The average molecular weight is 280 g/mol. The van der Waals surface area contributed by atoms with Crippen molar-refractivity contribution in [2.24, 2.45) is 17.6 Å². The van der Waals surface area contributed by atoms with Crippen LogP contribution in [0.15, 0.2) is 24.3 Å². The van der Waals surface area contributed by atoms with Gasteiger partial charge in [-0.1, -0.05) is 44.3 Å². The first kappa shape index (κ1) is 15.4. The number of benzene rings is 1. The van der Waals surface area contributed by atoms with Crippen LogP contribution in [0, 0.1) is 11.8 Å². The standard InChI is InChI=1S/C14H20N2O2S/c1-9(2)12(13(15)19)14(17)16-8-10-6-4-5-7-11(10)18-3/h4-7,9,12H,8H2,1-3H3,(H2,15,19)(H,16,17). The van der Waals surface area contributed by atoms with E-state index < -0.39 is 5.92 Å². The minimum absolute atomic E-state index is 0.0789. The van der Waals surface area contributed by atoms with Crippen LogP contribution < -0.4 is 15.8 Å². The summed E-state index contributed by atoms with van der Waals surface area (Å²) >= 11 is 4.94. The summed E-state index contributed by atoms with van der Waals surface area (Å²) < 4.78 is 5.23. The molecule has 0 radical (unpaired) electrons. The quantitative estimate of drug-likeness (QED) is 0.781. The van der Waals surface area contributed by atoms with Crippen LogP contribution in [0.5, 0.6) is 5.75 Å². The molecule has 0 aliphatic heterocycles. The smallest absolute Gasteiger partial charge is 0.230 e. The molecular formula is C14H20N2O2S. The van der Waals surface area contributed by atoms with E-state index in [2.05, 4.69) is 5.32 Å². The Morgan fingerprint density at radius 3 is 2.58 bits per heavy atom. The summed E-state index contributed by atoms with van der Waals surface area (Å²) in [6.07, 6.45) is 0. The number of carbonyl (C=O) groups excluding carboxylic acids is 1. The Morgan fingerprint density at radius 1 is 1.42 bits per heavy atom. The predicted molar refractivity (Wildman–Crippen MR) is 80.0 cm³/mol. The van der Waals surface area contributed by atoms with Crippen LogP contribution in [0.2, 0.25) is 0 Å². The van der Waals surface area contributed by atoms with Gasteiger partial charge in [-0.05, 0) is 12.0 Å². The molecule has 5 heteroatoms. The Labute approximate surface area is 119 Å². The number of para-hydroxylation sites is 1. The Kier molecular flexibility index (Phi) is 5.76. The molecule has 1 aromatic carbocycles. The second-order valence-electron chi connectivity index (χ2n) is 4.65. The molecular weight excluding hydrogens is 260 g/mol. The molecule has 1 atom stereocenters. The monoisotopic (exact) mass is 280 g/mol. The van der Waals surface area contributed by atoms with E-state index in [1.807, 2.05) is 38.1 Å². The summed E-state index contributed by atoms with van der Waals surface area (Å²) in [5.74, 6) is 0.243. The van der Waals surface area contributed by atoms with Crippen molar-refractivity contribution in [3.8, 4) is 5.75 Å². The lowest BCUT2D eigenvalue weighted by atomic mass is 9.95. The zero-order valence-corrected chi connectivity index (χ0v) is 12.3. The average Bonchev–Trinajstić information content (AvgIpc) is 2.35. The normalized spacial score (nSPS) is 12.0. The molecule has 0 saturated carbocycles. The molecule has 1 unspecified atom stereocenters. The van der Waals surface area contributed by atoms with Crippen LogP contribution in [0.1, 0.15) is 19.4 Å². The van der Waals surface area contributed by atoms with Crippen molar-refractivity contribution >= 4 is 23.1 Å². The van der Waals surface area contributed by atoms with Gasteiger partial charge in [-0.2, -0.15) is 0 Å². The number of hydrogen-bond acceptors (Lipinski definition) is 3. The van der Waals surface area contributed by atoms with Gasteiger partial charge >= 0.3 is 0 Å². The van der Waals surface area contributed by atoms with Crippen molar-refractivity contribution in [2.45, 2.75) is 20.4 Å². The topological polar surface area (TPSA) is 64.3 Å². The van der Waals surface area contributed by atoms with Gasteiger partial charge in [0.15, 0.2) is 0 Å². The molecule has 0 saturated heterocycles. The molecule has 3 N–H and O–H groups in total. The fraction of sp³-hybridized carbons (Fsp3) is 0.429. The highest BCUT2D eigenvalue weighted by Gasteiger charge is 2.24. The second kappa shape index (κ2) is 7.09. The van der Waals surface area contributed by atoms with Crippen LogP contribution in [-0.4, -0.2) is 18.0 Å². The van der Waals surface area contributed by atoms with Gasteiger partial charge in [-0.25, -0.2) is 0 Å². The summed E-state index contributed by atoms with van der Waals surface area (Å²) in [4.78, 5) is 12.3. The molecule has 0 spiro atoms. The number of carbonyl (C=O) groups is 1. The molecule has 0 fully saturated rings. The van der Waals surface area contributed by atoms with Gasteiger partial charge in [0.25, 0.3) is 0 Å². The van der Waals surface area contributed by atoms with Crippen molar-refractivity contribution < 1.29 is 9.53 Å². The maximum absolute atomic E-state index is 12.1. The summed E-state index contributed by atoms with van der Waals surface area (Å²) in [6, 6.07) is 7.55. The van der Waals surface area contributed by atoms with E-state index in [0.29, 0.717) is 6.54 Å². The second-order valence-corrected chi connectivity index (χ2v) is 5.13. The molecule has 19 heavy (non-hydrogen) atoms. The number of thiocarbonyl (C=S) groups is 1. The van der Waals surface area contributed by atoms with Gasteiger partial charge in [0.05, 0.1) is 18.0 Å². The number of amides is 1. The van der Waals surface area contributed by atoms with Gasteiger partial charge < -0.3 is 15.8 Å². The maximum Gasteiger partial charge on any atom is 0.230 e. The fourth-order valence-electron chi connectivity index (χ4n) is 1.90. The number of nitrogens with two attached hydrogens (primary N) is 1. The van der Waals surface area contributed by atoms with Crippen molar-refractivity contribution in [2.75, 3.05) is 7.11 Å². The van der Waals surface area contributed by atoms with E-state index in [9.17, 15) is 4.79 Å². The van der Waals surface area contributed by atoms with Crippen molar-refractivity contribution in [1.82, 2.24) is 5.32 Å². The van der Waals surface area contributed by atoms with E-state index in [4.69, 9.17) is 22.7 Å². The Morgan fingerprint density at radius 2 is 2.05 bits per heavy atom. The van der Waals surface area contributed by atoms with E-state index in [1.54, 1.807) is 7.11 Å². The molecule has 0 bridgehead atoms. The Bertz CT molecular complexity index is 461. The zero-order valence-electron chi connectivity index (χ0n) is 11.5. The van der Waals surface area contributed by atoms with E-state index in [-0.39, 0.29) is 16.8 Å². The highest BCUT2D eigenvalue weighted by molar-refractivity contribution is 7.80. The van der Waals surface area contributed by atoms with E-state index >= 15 is 0 Å². The summed E-state index contributed by atoms with van der Waals surface area (Å²) in [6.45, 7) is 4.24. The predicted octanol–water partition coefficient (Wildman–Crippen LogP) is 1.87. The molecule has 1 amide bonds. The Balaban J connectivity index is 2.70. The van der Waals surface area contributed by atoms with Crippen molar-refractivity contribution in [1.29, 1.82) is 0 Å². The number of nitrogens with one attached hydrogen (secondary N) is 1. The molecule has 1 aromatic rings. The molecule has 4 nitrogen and oxygen atoms in total. The van der Waals surface area contributed by atoms with Crippen LogP contribution in [-0.2, 0) is 11.3 Å². The third kappa shape index (κ3) is 4.21. The fourth-order valence-corrected chi connectivity index (χ4v) is 2.28. The highest BCUT2D eigenvalue weighted by atomic mass is 32.1. The lowest BCUT2D eigenvalue weighted by Gasteiger charge is -2.19. The molecule has 1 rings (SSSR count). The van der Waals surface area contributed by atoms with Crippen molar-refractivity contribution in [3.05, 3.63) is 29.8 Å². The minimum atomic E-state index is -0.440. The third-order valence-electron chi connectivity index (χ3n) is 2.90. The number of ether oxygens (including phenoxy) is 1. The molecule has 104 valence electrons. The summed E-state index contributed by atoms with van der Waals surface area (Å²) in [5.41, 5.74) is 6.53. The SMILES string of the molecule is COc1ccccc1CNC(=O)C(C(N)=S)C(C)C. The maximum atomic E-state index is 12.1. The van der Waals surface area contributed by atoms with Gasteiger partial charge in [0.1, 0.15) is 5.75 Å². The van der Waals surface area contributed by atoms with Crippen LogP contribution in [0.25, 0.3) is 0 Å². The van der Waals surface area contributed by atoms with Gasteiger partial charge in [0, 0.05) is 12.1 Å². The molecule has 0 heterocycles. The first-order valence-corrected chi connectivity index (χ1v) is 6.57.